The quantitative estimate of drug-likeness (QED) is 0.163. The predicted octanol–water partition coefficient (Wildman–Crippen LogP) is 6.48. The molecule has 1 aromatic heterocycles. The van der Waals surface area contributed by atoms with Crippen molar-refractivity contribution >= 4 is 39.3 Å². The van der Waals surface area contributed by atoms with E-state index in [9.17, 15) is 9.59 Å². The Balaban J connectivity index is 1.59. The summed E-state index contributed by atoms with van der Waals surface area (Å²) in [6, 6.07) is 12.6. The predicted molar refractivity (Wildman–Crippen MR) is 190 cm³/mol. The minimum atomic E-state index is -0.833. The highest BCUT2D eigenvalue weighted by molar-refractivity contribution is 9.10. The van der Waals surface area contributed by atoms with E-state index in [4.69, 9.17) is 28.7 Å². The third-order valence-corrected chi connectivity index (χ3v) is 9.76. The highest BCUT2D eigenvalue weighted by atomic mass is 79.9. The van der Waals surface area contributed by atoms with Gasteiger partial charge in [0.15, 0.2) is 27.8 Å². The number of methoxy groups -OCH3 is 2. The van der Waals surface area contributed by atoms with Gasteiger partial charge in [-0.2, -0.15) is 0 Å². The lowest BCUT2D eigenvalue weighted by atomic mass is 9.95. The zero-order chi connectivity index (χ0) is 34.7. The van der Waals surface area contributed by atoms with Gasteiger partial charge in [0.2, 0.25) is 0 Å². The molecule has 0 radical (unpaired) electrons. The van der Waals surface area contributed by atoms with Crippen LogP contribution in [-0.2, 0) is 16.1 Å². The number of halogens is 1. The second-order valence-corrected chi connectivity index (χ2v) is 13.2. The third-order valence-electron chi connectivity index (χ3n) is 8.09. The standard InChI is InChI=1S/C37H39BrN2O7S/c1-9-45-31-18-27(38)25(17-30(31)44-8)34-33(36(42)46-10-2)23(6)39-37-40(34)35(41)32(48-37)16-24-11-12-28(29(15-24)43-7)47-19-26-21(4)13-20(3)14-22(26)5/h11-18,34H,9-10,19H2,1-8H3/b32-16+/t34-/m1/s1. The van der Waals surface area contributed by atoms with Crippen LogP contribution in [0.2, 0.25) is 0 Å². The molecule has 0 saturated carbocycles. The first-order valence-corrected chi connectivity index (χ1v) is 17.2. The van der Waals surface area contributed by atoms with Gasteiger partial charge in [-0.05, 0) is 99.7 Å². The second kappa shape index (κ2) is 14.8. The molecule has 252 valence electrons. The maximum Gasteiger partial charge on any atom is 0.338 e. The number of ether oxygens (including phenoxy) is 5. The average Bonchev–Trinajstić information content (AvgIpc) is 3.34. The van der Waals surface area contributed by atoms with E-state index in [1.165, 1.54) is 32.6 Å². The fourth-order valence-corrected chi connectivity index (χ4v) is 7.49. The van der Waals surface area contributed by atoms with Crippen LogP contribution in [-0.4, -0.2) is 38.0 Å². The number of fused-ring (bicyclic) bond motifs is 1. The fraction of sp³-hybridized carbons (Fsp3) is 0.324. The Labute approximate surface area is 292 Å². The molecule has 2 heterocycles. The first-order chi connectivity index (χ1) is 23.0. The van der Waals surface area contributed by atoms with Crippen molar-refractivity contribution in [3.63, 3.8) is 0 Å². The van der Waals surface area contributed by atoms with Crippen molar-refractivity contribution in [1.82, 2.24) is 4.57 Å². The molecule has 0 amide bonds. The van der Waals surface area contributed by atoms with Crippen molar-refractivity contribution in [2.45, 2.75) is 54.2 Å². The van der Waals surface area contributed by atoms with Crippen LogP contribution >= 0.6 is 27.3 Å². The molecule has 0 fully saturated rings. The van der Waals surface area contributed by atoms with Gasteiger partial charge in [-0.1, -0.05) is 51.0 Å². The number of esters is 1. The summed E-state index contributed by atoms with van der Waals surface area (Å²) >= 11 is 4.90. The van der Waals surface area contributed by atoms with Gasteiger partial charge in [-0.15, -0.1) is 0 Å². The van der Waals surface area contributed by atoms with Crippen molar-refractivity contribution in [3.05, 3.63) is 111 Å². The van der Waals surface area contributed by atoms with Crippen LogP contribution in [0.15, 0.2) is 68.0 Å². The lowest BCUT2D eigenvalue weighted by Crippen LogP contribution is -2.40. The van der Waals surface area contributed by atoms with E-state index < -0.39 is 12.0 Å². The molecule has 1 atom stereocenters. The minimum absolute atomic E-state index is 0.173. The zero-order valence-corrected chi connectivity index (χ0v) is 30.8. The molecule has 9 nitrogen and oxygen atoms in total. The van der Waals surface area contributed by atoms with Gasteiger partial charge in [0.05, 0.1) is 49.3 Å². The Bertz CT molecular complexity index is 2070. The number of hydrogen-bond acceptors (Lipinski definition) is 9. The summed E-state index contributed by atoms with van der Waals surface area (Å²) in [5, 5.41) is 0. The van der Waals surface area contributed by atoms with Crippen molar-refractivity contribution in [2.75, 3.05) is 27.4 Å². The van der Waals surface area contributed by atoms with Crippen LogP contribution < -0.4 is 33.8 Å². The summed E-state index contributed by atoms with van der Waals surface area (Å²) in [4.78, 5) is 32.8. The van der Waals surface area contributed by atoms with Crippen molar-refractivity contribution in [2.24, 2.45) is 4.99 Å². The maximum absolute atomic E-state index is 14.2. The lowest BCUT2D eigenvalue weighted by molar-refractivity contribution is -0.139. The molecule has 0 spiro atoms. The summed E-state index contributed by atoms with van der Waals surface area (Å²) in [7, 11) is 3.13. The molecular formula is C37H39BrN2O7S. The number of aryl methyl sites for hydroxylation is 3. The molecule has 4 aromatic rings. The molecule has 5 rings (SSSR count). The van der Waals surface area contributed by atoms with Gasteiger partial charge in [-0.3, -0.25) is 9.36 Å². The number of nitrogens with zero attached hydrogens (tertiary/aromatic N) is 2. The first kappa shape index (κ1) is 35.0. The smallest absolute Gasteiger partial charge is 0.338 e. The molecule has 11 heteroatoms. The number of rotatable bonds is 11. The number of thiazole rings is 1. The van der Waals surface area contributed by atoms with E-state index in [2.05, 4.69) is 48.8 Å². The van der Waals surface area contributed by atoms with Gasteiger partial charge in [0.25, 0.3) is 5.56 Å². The van der Waals surface area contributed by atoms with Crippen LogP contribution in [0.25, 0.3) is 6.08 Å². The monoisotopic (exact) mass is 734 g/mol. The number of benzene rings is 3. The molecule has 3 aromatic carbocycles. The van der Waals surface area contributed by atoms with Gasteiger partial charge >= 0.3 is 5.97 Å². The number of carbonyl (C=O) groups is 1. The van der Waals surface area contributed by atoms with Crippen molar-refractivity contribution < 1.29 is 28.5 Å². The first-order valence-electron chi connectivity index (χ1n) is 15.6. The summed E-state index contributed by atoms with van der Waals surface area (Å²) in [5.41, 5.74) is 6.50. The Hall–Kier alpha value is -4.35. The molecule has 0 aliphatic carbocycles. The highest BCUT2D eigenvalue weighted by Crippen LogP contribution is 2.41. The number of aromatic nitrogens is 1. The Morgan fingerprint density at radius 1 is 0.917 bits per heavy atom. The summed E-state index contributed by atoms with van der Waals surface area (Å²) in [6.07, 6.45) is 1.79. The molecule has 0 bridgehead atoms. The normalized spacial score (nSPS) is 14.4. The topological polar surface area (TPSA) is 97.6 Å². The molecule has 0 N–H and O–H groups in total. The molecule has 1 aliphatic rings. The lowest BCUT2D eigenvalue weighted by Gasteiger charge is -2.26. The third kappa shape index (κ3) is 6.93. The average molecular weight is 736 g/mol. The Morgan fingerprint density at radius 3 is 2.25 bits per heavy atom. The van der Waals surface area contributed by atoms with E-state index in [0.29, 0.717) is 61.3 Å². The molecule has 48 heavy (non-hydrogen) atoms. The van der Waals surface area contributed by atoms with E-state index in [0.717, 1.165) is 11.1 Å². The Kier molecular flexibility index (Phi) is 10.8. The van der Waals surface area contributed by atoms with E-state index in [1.807, 2.05) is 25.1 Å². The second-order valence-electron chi connectivity index (χ2n) is 11.3. The van der Waals surface area contributed by atoms with Crippen LogP contribution in [0, 0.1) is 20.8 Å². The van der Waals surface area contributed by atoms with Crippen LogP contribution in [0.4, 0.5) is 0 Å². The SMILES string of the molecule is CCOC(=O)C1=C(C)N=c2s/c(=C/c3ccc(OCc4c(C)cc(C)cc4C)c(OC)c3)c(=O)n2[C@@H]1c1cc(OC)c(OCC)cc1Br. The Morgan fingerprint density at radius 2 is 1.60 bits per heavy atom. The molecular weight excluding hydrogens is 696 g/mol. The van der Waals surface area contributed by atoms with Crippen molar-refractivity contribution in [3.8, 4) is 23.0 Å². The van der Waals surface area contributed by atoms with Crippen LogP contribution in [0.5, 0.6) is 23.0 Å². The molecule has 0 unspecified atom stereocenters. The molecule has 1 aliphatic heterocycles. The maximum atomic E-state index is 14.2. The minimum Gasteiger partial charge on any atom is -0.493 e. The van der Waals surface area contributed by atoms with E-state index >= 15 is 0 Å². The largest absolute Gasteiger partial charge is 0.493 e. The summed E-state index contributed by atoms with van der Waals surface area (Å²) in [6.45, 7) is 12.6. The number of carbonyl (C=O) groups excluding carboxylic acids is 1. The van der Waals surface area contributed by atoms with Crippen molar-refractivity contribution in [1.29, 1.82) is 0 Å². The number of hydrogen-bond donors (Lipinski definition) is 0. The van der Waals surface area contributed by atoms with Crippen LogP contribution in [0.1, 0.15) is 60.2 Å². The molecule has 0 saturated heterocycles. The number of allylic oxidation sites excluding steroid dienone is 1. The van der Waals surface area contributed by atoms with E-state index in [1.54, 1.807) is 46.3 Å². The van der Waals surface area contributed by atoms with Gasteiger partial charge < -0.3 is 23.7 Å². The van der Waals surface area contributed by atoms with Gasteiger partial charge in [-0.25, -0.2) is 9.79 Å². The highest BCUT2D eigenvalue weighted by Gasteiger charge is 2.35. The van der Waals surface area contributed by atoms with Gasteiger partial charge in [0, 0.05) is 4.47 Å². The zero-order valence-electron chi connectivity index (χ0n) is 28.4. The van der Waals surface area contributed by atoms with Gasteiger partial charge in [0.1, 0.15) is 6.61 Å². The summed E-state index contributed by atoms with van der Waals surface area (Å²) < 4.78 is 31.3. The fourth-order valence-electron chi connectivity index (χ4n) is 5.91. The summed E-state index contributed by atoms with van der Waals surface area (Å²) in [5.74, 6) is 1.60. The van der Waals surface area contributed by atoms with Crippen LogP contribution in [0.3, 0.4) is 0 Å². The van der Waals surface area contributed by atoms with E-state index in [-0.39, 0.29) is 17.7 Å².